The van der Waals surface area contributed by atoms with E-state index in [2.05, 4.69) is 37.7 Å². The van der Waals surface area contributed by atoms with Gasteiger partial charge in [0.1, 0.15) is 0 Å². The standard InChI is InChI=1S/C12H24N2.4C2H6/c1-5-11-9-7-13(3)8-10(9)12(6-2)14(11)4;4*1-2/h9-12H,5-8H2,1-4H3;4*1-2H3/t9-,10+,11+,12-;;;;. The smallest absolute Gasteiger partial charge is 0.0137 e. The normalized spacial score (nSPS) is 29.5. The number of rotatable bonds is 2. The molecule has 0 aromatic heterocycles. The van der Waals surface area contributed by atoms with Crippen molar-refractivity contribution >= 4 is 0 Å². The fourth-order valence-corrected chi connectivity index (χ4v) is 3.91. The summed E-state index contributed by atoms with van der Waals surface area (Å²) in [6.45, 7) is 23.3. The number of nitrogens with zero attached hydrogens (tertiary/aromatic N) is 2. The van der Waals surface area contributed by atoms with Crippen molar-refractivity contribution in [2.24, 2.45) is 11.8 Å². The van der Waals surface area contributed by atoms with Gasteiger partial charge in [-0.2, -0.15) is 0 Å². The predicted octanol–water partition coefficient (Wildman–Crippen LogP) is 5.77. The maximum Gasteiger partial charge on any atom is 0.0137 e. The van der Waals surface area contributed by atoms with Gasteiger partial charge in [-0.05, 0) is 38.8 Å². The van der Waals surface area contributed by atoms with Crippen molar-refractivity contribution in [2.45, 2.75) is 94.2 Å². The zero-order valence-electron chi connectivity index (χ0n) is 18.0. The first-order chi connectivity index (χ1) is 10.7. The first-order valence-corrected chi connectivity index (χ1v) is 10.1. The highest BCUT2D eigenvalue weighted by Crippen LogP contribution is 2.41. The van der Waals surface area contributed by atoms with E-state index in [9.17, 15) is 0 Å². The predicted molar refractivity (Wildman–Crippen MR) is 106 cm³/mol. The van der Waals surface area contributed by atoms with E-state index in [1.54, 1.807) is 0 Å². The maximum atomic E-state index is 2.66. The molecule has 0 N–H and O–H groups in total. The quantitative estimate of drug-likeness (QED) is 0.638. The van der Waals surface area contributed by atoms with Crippen molar-refractivity contribution < 1.29 is 0 Å². The van der Waals surface area contributed by atoms with Crippen LogP contribution in [0, 0.1) is 11.8 Å². The van der Waals surface area contributed by atoms with Crippen molar-refractivity contribution in [3.05, 3.63) is 0 Å². The summed E-state index contributed by atoms with van der Waals surface area (Å²) in [5, 5.41) is 0. The average Bonchev–Trinajstić information content (AvgIpc) is 3.08. The molecule has 0 aromatic rings. The van der Waals surface area contributed by atoms with Crippen molar-refractivity contribution in [3.63, 3.8) is 0 Å². The van der Waals surface area contributed by atoms with Gasteiger partial charge in [0, 0.05) is 25.2 Å². The van der Waals surface area contributed by atoms with E-state index in [1.165, 1.54) is 25.9 Å². The fraction of sp³-hybridized carbons (Fsp3) is 1.00. The summed E-state index contributed by atoms with van der Waals surface area (Å²) in [4.78, 5) is 5.18. The van der Waals surface area contributed by atoms with E-state index in [0.717, 1.165) is 23.9 Å². The Balaban J connectivity index is -0.000000394. The van der Waals surface area contributed by atoms with Crippen LogP contribution in [0.5, 0.6) is 0 Å². The highest BCUT2D eigenvalue weighted by Gasteiger charge is 2.48. The average molecular weight is 317 g/mol. The Bertz CT molecular complexity index is 186. The molecule has 0 spiro atoms. The molecule has 0 aromatic carbocycles. The van der Waals surface area contributed by atoms with Crippen LogP contribution >= 0.6 is 0 Å². The molecule has 0 saturated carbocycles. The summed E-state index contributed by atoms with van der Waals surface area (Å²) in [6.07, 6.45) is 2.64. The third-order valence-corrected chi connectivity index (χ3v) is 4.47. The van der Waals surface area contributed by atoms with E-state index in [0.29, 0.717) is 0 Å². The highest BCUT2D eigenvalue weighted by atomic mass is 15.3. The van der Waals surface area contributed by atoms with E-state index in [-0.39, 0.29) is 0 Å². The van der Waals surface area contributed by atoms with Gasteiger partial charge in [0.05, 0.1) is 0 Å². The Hall–Kier alpha value is -0.0800. The van der Waals surface area contributed by atoms with Crippen LogP contribution < -0.4 is 0 Å². The van der Waals surface area contributed by atoms with Gasteiger partial charge in [-0.25, -0.2) is 0 Å². The van der Waals surface area contributed by atoms with Gasteiger partial charge in [-0.1, -0.05) is 69.2 Å². The van der Waals surface area contributed by atoms with Crippen LogP contribution in [0.2, 0.25) is 0 Å². The summed E-state index contributed by atoms with van der Waals surface area (Å²) in [5.74, 6) is 1.89. The van der Waals surface area contributed by atoms with Crippen LogP contribution in [-0.4, -0.2) is 49.1 Å². The van der Waals surface area contributed by atoms with Crippen molar-refractivity contribution in [3.8, 4) is 0 Å². The van der Waals surface area contributed by atoms with Crippen LogP contribution in [0.25, 0.3) is 0 Å². The molecular weight excluding hydrogens is 268 g/mol. The molecule has 0 aliphatic carbocycles. The molecule has 138 valence electrons. The third kappa shape index (κ3) is 7.00. The molecule has 0 radical (unpaired) electrons. The van der Waals surface area contributed by atoms with Gasteiger partial charge < -0.3 is 4.90 Å². The lowest BCUT2D eigenvalue weighted by Gasteiger charge is -2.28. The molecule has 4 atom stereocenters. The second-order valence-corrected chi connectivity index (χ2v) is 5.17. The van der Waals surface area contributed by atoms with Crippen LogP contribution in [-0.2, 0) is 0 Å². The molecule has 2 heteroatoms. The van der Waals surface area contributed by atoms with Gasteiger partial charge in [-0.3, -0.25) is 4.90 Å². The zero-order chi connectivity index (χ0) is 18.3. The Morgan fingerprint density at radius 2 is 0.909 bits per heavy atom. The van der Waals surface area contributed by atoms with Crippen molar-refractivity contribution in [1.82, 2.24) is 9.80 Å². The minimum Gasteiger partial charge on any atom is -0.306 e. The first-order valence-electron chi connectivity index (χ1n) is 10.1. The third-order valence-electron chi connectivity index (χ3n) is 4.47. The summed E-state index contributed by atoms with van der Waals surface area (Å²) in [6, 6.07) is 1.68. The lowest BCUT2D eigenvalue weighted by atomic mass is 9.89. The van der Waals surface area contributed by atoms with Gasteiger partial charge in [-0.15, -0.1) is 0 Å². The second-order valence-electron chi connectivity index (χ2n) is 5.17. The Morgan fingerprint density at radius 1 is 0.636 bits per heavy atom. The van der Waals surface area contributed by atoms with Gasteiger partial charge in [0.15, 0.2) is 0 Å². The van der Waals surface area contributed by atoms with E-state index in [1.807, 2.05) is 55.4 Å². The zero-order valence-corrected chi connectivity index (χ0v) is 18.0. The molecule has 2 heterocycles. The monoisotopic (exact) mass is 316 g/mol. The molecule has 2 saturated heterocycles. The molecule has 2 rings (SSSR count). The molecule has 2 fully saturated rings. The Morgan fingerprint density at radius 3 is 1.14 bits per heavy atom. The molecular formula is C20H48N2. The largest absolute Gasteiger partial charge is 0.306 e. The van der Waals surface area contributed by atoms with Gasteiger partial charge >= 0.3 is 0 Å². The molecule has 0 amide bonds. The number of likely N-dealkylation sites (tertiary alicyclic amines) is 2. The van der Waals surface area contributed by atoms with E-state index in [4.69, 9.17) is 0 Å². The minimum absolute atomic E-state index is 0.842. The molecule has 2 aliphatic heterocycles. The molecule has 0 unspecified atom stereocenters. The Kier molecular flexibility index (Phi) is 21.0. The number of fused-ring (bicyclic) bond motifs is 1. The van der Waals surface area contributed by atoms with E-state index < -0.39 is 0 Å². The first kappa shape index (κ1) is 26.8. The maximum absolute atomic E-state index is 2.66. The minimum atomic E-state index is 0.842. The van der Waals surface area contributed by atoms with Crippen LogP contribution in [0.4, 0.5) is 0 Å². The summed E-state index contributed by atoms with van der Waals surface area (Å²) in [7, 11) is 4.61. The lowest BCUT2D eigenvalue weighted by molar-refractivity contribution is 0.182. The van der Waals surface area contributed by atoms with Crippen LogP contribution in [0.15, 0.2) is 0 Å². The SMILES string of the molecule is CC.CC.CC.CC.CC[C@@H]1[C@H]2CN(C)C[C@H]2[C@H](CC)N1C. The van der Waals surface area contributed by atoms with E-state index >= 15 is 0 Å². The molecule has 0 bridgehead atoms. The highest BCUT2D eigenvalue weighted by molar-refractivity contribution is 5.02. The number of hydrogen-bond donors (Lipinski definition) is 0. The molecule has 22 heavy (non-hydrogen) atoms. The summed E-state index contributed by atoms with van der Waals surface area (Å²) < 4.78 is 0. The lowest BCUT2D eigenvalue weighted by Crippen LogP contribution is -2.37. The summed E-state index contributed by atoms with van der Waals surface area (Å²) in [5.41, 5.74) is 0. The second kappa shape index (κ2) is 17.3. The van der Waals surface area contributed by atoms with Crippen molar-refractivity contribution in [2.75, 3.05) is 27.2 Å². The van der Waals surface area contributed by atoms with Crippen molar-refractivity contribution in [1.29, 1.82) is 0 Å². The van der Waals surface area contributed by atoms with Crippen LogP contribution in [0.3, 0.4) is 0 Å². The Labute approximate surface area is 143 Å². The number of hydrogen-bond acceptors (Lipinski definition) is 2. The topological polar surface area (TPSA) is 6.48 Å². The molecule has 2 aliphatic rings. The van der Waals surface area contributed by atoms with Gasteiger partial charge in [0.2, 0.25) is 0 Å². The summed E-state index contributed by atoms with van der Waals surface area (Å²) >= 11 is 0. The van der Waals surface area contributed by atoms with Crippen LogP contribution in [0.1, 0.15) is 82.1 Å². The molecule has 2 nitrogen and oxygen atoms in total. The fourth-order valence-electron chi connectivity index (χ4n) is 3.91. The van der Waals surface area contributed by atoms with Gasteiger partial charge in [0.25, 0.3) is 0 Å².